The van der Waals surface area contributed by atoms with Gasteiger partial charge in [-0.05, 0) is 42.7 Å². The van der Waals surface area contributed by atoms with E-state index < -0.39 is 11.6 Å². The number of phenols is 1. The van der Waals surface area contributed by atoms with Gasteiger partial charge in [-0.1, -0.05) is 12.1 Å². The van der Waals surface area contributed by atoms with Crippen molar-refractivity contribution < 1.29 is 13.9 Å². The highest BCUT2D eigenvalue weighted by atomic mass is 19.2. The van der Waals surface area contributed by atoms with Crippen molar-refractivity contribution in [2.24, 2.45) is 0 Å². The van der Waals surface area contributed by atoms with Crippen molar-refractivity contribution in [1.29, 1.82) is 0 Å². The molecule has 6 heteroatoms. The van der Waals surface area contributed by atoms with Crippen LogP contribution < -0.4 is 4.90 Å². The monoisotopic (exact) mass is 387 g/mol. The third kappa shape index (κ3) is 4.45. The number of nitrogens with zero attached hydrogens (tertiary/aromatic N) is 3. The molecule has 4 nitrogen and oxygen atoms in total. The van der Waals surface area contributed by atoms with Gasteiger partial charge in [0.25, 0.3) is 0 Å². The number of hydrogen-bond donors (Lipinski definition) is 1. The zero-order valence-electron chi connectivity index (χ0n) is 16.0. The highest BCUT2D eigenvalue weighted by molar-refractivity contribution is 5.47. The minimum Gasteiger partial charge on any atom is -0.508 e. The average molecular weight is 387 g/mol. The Morgan fingerprint density at radius 1 is 0.857 bits per heavy atom. The second-order valence-electron chi connectivity index (χ2n) is 7.80. The number of aromatic hydroxyl groups is 1. The molecular weight excluding hydrogens is 360 g/mol. The molecule has 2 aliphatic rings. The summed E-state index contributed by atoms with van der Waals surface area (Å²) in [4.78, 5) is 7.15. The Kier molecular flexibility index (Phi) is 5.78. The summed E-state index contributed by atoms with van der Waals surface area (Å²) in [6.45, 7) is 6.77. The third-order valence-corrected chi connectivity index (χ3v) is 5.97. The van der Waals surface area contributed by atoms with Gasteiger partial charge in [0.2, 0.25) is 0 Å². The summed E-state index contributed by atoms with van der Waals surface area (Å²) in [5.41, 5.74) is 1.92. The molecule has 0 amide bonds. The quantitative estimate of drug-likeness (QED) is 0.870. The molecule has 0 bridgehead atoms. The van der Waals surface area contributed by atoms with Crippen LogP contribution in [0.25, 0.3) is 0 Å². The molecule has 1 N–H and O–H groups in total. The average Bonchev–Trinajstić information content (AvgIpc) is 2.71. The van der Waals surface area contributed by atoms with E-state index in [2.05, 4.69) is 20.8 Å². The van der Waals surface area contributed by atoms with Crippen molar-refractivity contribution in [3.8, 4) is 5.75 Å². The first-order valence-electron chi connectivity index (χ1n) is 10.0. The van der Waals surface area contributed by atoms with Crippen molar-refractivity contribution in [2.45, 2.75) is 25.4 Å². The first-order valence-corrected chi connectivity index (χ1v) is 10.0. The first kappa shape index (κ1) is 19.2. The summed E-state index contributed by atoms with van der Waals surface area (Å²) in [6.07, 6.45) is 2.09. The molecule has 2 aliphatic heterocycles. The van der Waals surface area contributed by atoms with E-state index in [0.29, 0.717) is 11.8 Å². The SMILES string of the molecule is Oc1cccc(CN2CCN(C3CCN(c4ccc(F)c(F)c4)CC3)CC2)c1. The highest BCUT2D eigenvalue weighted by Crippen LogP contribution is 2.25. The molecule has 0 aliphatic carbocycles. The van der Waals surface area contributed by atoms with E-state index in [9.17, 15) is 13.9 Å². The Labute approximate surface area is 165 Å². The van der Waals surface area contributed by atoms with E-state index in [0.717, 1.165) is 69.9 Å². The van der Waals surface area contributed by atoms with E-state index in [1.807, 2.05) is 12.1 Å². The van der Waals surface area contributed by atoms with E-state index in [1.54, 1.807) is 12.1 Å². The van der Waals surface area contributed by atoms with Gasteiger partial charge in [0.1, 0.15) is 5.75 Å². The van der Waals surface area contributed by atoms with Crippen molar-refractivity contribution in [3.05, 3.63) is 59.7 Å². The van der Waals surface area contributed by atoms with Gasteiger partial charge < -0.3 is 10.0 Å². The molecule has 28 heavy (non-hydrogen) atoms. The predicted octanol–water partition coefficient (Wildman–Crippen LogP) is 3.46. The van der Waals surface area contributed by atoms with Crippen molar-refractivity contribution in [3.63, 3.8) is 0 Å². The third-order valence-electron chi connectivity index (χ3n) is 5.97. The zero-order chi connectivity index (χ0) is 19.5. The highest BCUT2D eigenvalue weighted by Gasteiger charge is 2.27. The van der Waals surface area contributed by atoms with Gasteiger partial charge in [0, 0.05) is 63.6 Å². The number of rotatable bonds is 4. The van der Waals surface area contributed by atoms with Gasteiger partial charge in [0.05, 0.1) is 0 Å². The van der Waals surface area contributed by atoms with E-state index in [-0.39, 0.29) is 0 Å². The van der Waals surface area contributed by atoms with E-state index >= 15 is 0 Å². The molecule has 2 saturated heterocycles. The molecule has 4 rings (SSSR count). The lowest BCUT2D eigenvalue weighted by molar-refractivity contribution is 0.0811. The van der Waals surface area contributed by atoms with Crippen molar-refractivity contribution in [1.82, 2.24) is 9.80 Å². The molecular formula is C22H27F2N3O. The van der Waals surface area contributed by atoms with Crippen LogP contribution in [0.5, 0.6) is 5.75 Å². The van der Waals surface area contributed by atoms with Crippen molar-refractivity contribution in [2.75, 3.05) is 44.2 Å². The maximum absolute atomic E-state index is 13.5. The van der Waals surface area contributed by atoms with Gasteiger partial charge in [-0.25, -0.2) is 8.78 Å². The second kappa shape index (κ2) is 8.45. The van der Waals surface area contributed by atoms with Crippen LogP contribution in [0.1, 0.15) is 18.4 Å². The molecule has 0 radical (unpaired) electrons. The van der Waals surface area contributed by atoms with Crippen molar-refractivity contribution >= 4 is 5.69 Å². The molecule has 2 heterocycles. The Balaban J connectivity index is 1.25. The molecule has 0 unspecified atom stereocenters. The number of piperidine rings is 1. The summed E-state index contributed by atoms with van der Waals surface area (Å²) in [5.74, 6) is -1.24. The fourth-order valence-corrected chi connectivity index (χ4v) is 4.37. The number of halogens is 2. The number of phenolic OH excluding ortho intramolecular Hbond substituents is 1. The summed E-state index contributed by atoms with van der Waals surface area (Å²) >= 11 is 0. The maximum atomic E-state index is 13.5. The number of hydrogen-bond acceptors (Lipinski definition) is 4. The van der Waals surface area contributed by atoms with Crippen LogP contribution in [0.2, 0.25) is 0 Å². The molecule has 0 spiro atoms. The lowest BCUT2D eigenvalue weighted by Crippen LogP contribution is -2.53. The molecule has 0 aromatic heterocycles. The van der Waals surface area contributed by atoms with Gasteiger partial charge in [-0.3, -0.25) is 9.80 Å². The molecule has 0 saturated carbocycles. The standard InChI is InChI=1S/C22H27F2N3O/c23-21-5-4-19(15-22(21)24)26-8-6-18(7-9-26)27-12-10-25(11-13-27)16-17-2-1-3-20(28)14-17/h1-5,14-15,18,28H,6-13,16H2. The molecule has 2 fully saturated rings. The summed E-state index contributed by atoms with van der Waals surface area (Å²) in [6, 6.07) is 12.2. The molecule has 0 atom stereocenters. The lowest BCUT2D eigenvalue weighted by atomic mass is 10.0. The minimum absolute atomic E-state index is 0.323. The van der Waals surface area contributed by atoms with E-state index in [1.165, 1.54) is 12.1 Å². The fraction of sp³-hybridized carbons (Fsp3) is 0.455. The van der Waals surface area contributed by atoms with Crippen LogP contribution in [0.15, 0.2) is 42.5 Å². The maximum Gasteiger partial charge on any atom is 0.160 e. The zero-order valence-corrected chi connectivity index (χ0v) is 16.0. The lowest BCUT2D eigenvalue weighted by Gasteiger charge is -2.43. The smallest absolute Gasteiger partial charge is 0.160 e. The minimum atomic E-state index is -0.790. The van der Waals surface area contributed by atoms with Crippen LogP contribution in [0.4, 0.5) is 14.5 Å². The fourth-order valence-electron chi connectivity index (χ4n) is 4.37. The topological polar surface area (TPSA) is 30.0 Å². The van der Waals surface area contributed by atoms with Gasteiger partial charge in [0.15, 0.2) is 11.6 Å². The van der Waals surface area contributed by atoms with Gasteiger partial charge in [-0.2, -0.15) is 0 Å². The Bertz CT molecular complexity index is 800. The van der Waals surface area contributed by atoms with Gasteiger partial charge >= 0.3 is 0 Å². The number of anilines is 1. The van der Waals surface area contributed by atoms with E-state index in [4.69, 9.17) is 0 Å². The Hall–Kier alpha value is -2.18. The summed E-state index contributed by atoms with van der Waals surface area (Å²) in [7, 11) is 0. The summed E-state index contributed by atoms with van der Waals surface area (Å²) in [5, 5.41) is 9.62. The van der Waals surface area contributed by atoms with Crippen LogP contribution in [-0.2, 0) is 6.54 Å². The summed E-state index contributed by atoms with van der Waals surface area (Å²) < 4.78 is 26.6. The Morgan fingerprint density at radius 3 is 2.29 bits per heavy atom. The largest absolute Gasteiger partial charge is 0.508 e. The van der Waals surface area contributed by atoms with Crippen LogP contribution >= 0.6 is 0 Å². The Morgan fingerprint density at radius 2 is 1.61 bits per heavy atom. The second-order valence-corrected chi connectivity index (χ2v) is 7.80. The van der Waals surface area contributed by atoms with Crippen LogP contribution in [0.3, 0.4) is 0 Å². The number of piperazine rings is 1. The molecule has 2 aromatic rings. The molecule has 2 aromatic carbocycles. The normalized spacial score (nSPS) is 19.9. The van der Waals surface area contributed by atoms with Gasteiger partial charge in [-0.15, -0.1) is 0 Å². The predicted molar refractivity (Wildman–Crippen MR) is 107 cm³/mol. The van der Waals surface area contributed by atoms with Crippen LogP contribution in [-0.4, -0.2) is 60.2 Å². The van der Waals surface area contributed by atoms with Crippen LogP contribution in [0, 0.1) is 11.6 Å². The first-order chi connectivity index (χ1) is 13.6. The molecule has 150 valence electrons. The number of benzene rings is 2.